The molecule has 0 aliphatic carbocycles. The number of hydrogen-bond acceptors (Lipinski definition) is 9. The molecule has 2 aromatic carbocycles. The number of amides is 1. The first-order chi connectivity index (χ1) is 20.1. The Kier molecular flexibility index (Phi) is 11.2. The van der Waals surface area contributed by atoms with Gasteiger partial charge in [-0.05, 0) is 62.4 Å². The third-order valence-corrected chi connectivity index (χ3v) is 9.75. The van der Waals surface area contributed by atoms with Crippen LogP contribution >= 0.6 is 0 Å². The smallest absolute Gasteiger partial charge is 0.243 e. The quantitative estimate of drug-likeness (QED) is 0.302. The zero-order chi connectivity index (χ0) is 30.2. The Hall–Kier alpha value is -2.74. The average Bonchev–Trinajstić information content (AvgIpc) is 3.67. The molecule has 2 aliphatic heterocycles. The van der Waals surface area contributed by atoms with Gasteiger partial charge in [-0.2, -0.15) is 4.31 Å². The van der Waals surface area contributed by atoms with Crippen molar-refractivity contribution in [2.24, 2.45) is 0 Å². The molecule has 2 saturated heterocycles. The monoisotopic (exact) mass is 605 g/mol. The van der Waals surface area contributed by atoms with Gasteiger partial charge in [-0.25, -0.2) is 8.42 Å². The summed E-state index contributed by atoms with van der Waals surface area (Å²) in [7, 11) is -2.56. The van der Waals surface area contributed by atoms with Crippen LogP contribution in [-0.4, -0.2) is 99.4 Å². The second-order valence-electron chi connectivity index (χ2n) is 10.8. The molecule has 0 radical (unpaired) electrons. The molecular weight excluding hydrogens is 564 g/mol. The summed E-state index contributed by atoms with van der Waals surface area (Å²) in [5.74, 6) is -0.185. The molecular formula is C30H41N2O9S-. The average molecular weight is 606 g/mol. The number of carboxylic acid groups (broad SMARTS) is 1. The van der Waals surface area contributed by atoms with E-state index in [2.05, 4.69) is 0 Å². The van der Waals surface area contributed by atoms with Crippen LogP contribution in [0, 0.1) is 0 Å². The van der Waals surface area contributed by atoms with E-state index in [1.54, 1.807) is 12.1 Å². The number of carbonyl (C=O) groups is 1. The van der Waals surface area contributed by atoms with E-state index < -0.39 is 40.1 Å². The minimum Gasteiger partial charge on any atom is -0.530 e. The van der Waals surface area contributed by atoms with Gasteiger partial charge in [-0.15, -0.1) is 0 Å². The number of nitrogens with zero attached hydrogens (tertiary/aromatic N) is 2. The van der Waals surface area contributed by atoms with E-state index >= 15 is 0 Å². The molecule has 2 aliphatic rings. The van der Waals surface area contributed by atoms with Crippen molar-refractivity contribution in [3.8, 4) is 5.75 Å². The predicted molar refractivity (Wildman–Crippen MR) is 152 cm³/mol. The van der Waals surface area contributed by atoms with Crippen molar-refractivity contribution in [2.45, 2.75) is 67.9 Å². The Morgan fingerprint density at radius 2 is 1.79 bits per heavy atom. The molecule has 0 spiro atoms. The Morgan fingerprint density at radius 1 is 1.10 bits per heavy atom. The van der Waals surface area contributed by atoms with Gasteiger partial charge in [0.15, 0.2) is 5.79 Å². The van der Waals surface area contributed by atoms with Gasteiger partial charge in [0.05, 0.1) is 50.0 Å². The molecule has 3 atom stereocenters. The van der Waals surface area contributed by atoms with Crippen molar-refractivity contribution in [3.63, 3.8) is 0 Å². The van der Waals surface area contributed by atoms with E-state index in [0.29, 0.717) is 51.3 Å². The van der Waals surface area contributed by atoms with E-state index in [9.17, 15) is 23.4 Å². The fourth-order valence-electron chi connectivity index (χ4n) is 5.54. The van der Waals surface area contributed by atoms with Crippen molar-refractivity contribution in [1.29, 1.82) is 0 Å². The van der Waals surface area contributed by atoms with Gasteiger partial charge in [0.1, 0.15) is 11.8 Å². The molecule has 2 heterocycles. The molecule has 11 nitrogen and oxygen atoms in total. The van der Waals surface area contributed by atoms with Crippen molar-refractivity contribution >= 4 is 16.1 Å². The third kappa shape index (κ3) is 8.21. The first-order valence-electron chi connectivity index (χ1n) is 14.3. The van der Waals surface area contributed by atoms with E-state index in [0.717, 1.165) is 10.5 Å². The van der Waals surface area contributed by atoms with Crippen LogP contribution in [0.2, 0.25) is 0 Å². The lowest BCUT2D eigenvalue weighted by atomic mass is 9.97. The molecule has 1 N–H and O–H groups in total. The van der Waals surface area contributed by atoms with Gasteiger partial charge < -0.3 is 38.9 Å². The van der Waals surface area contributed by atoms with Crippen molar-refractivity contribution in [3.05, 3.63) is 60.2 Å². The van der Waals surface area contributed by atoms with Gasteiger partial charge in [-0.1, -0.05) is 30.3 Å². The van der Waals surface area contributed by atoms with E-state index in [1.165, 1.54) is 23.5 Å². The molecule has 0 unspecified atom stereocenters. The van der Waals surface area contributed by atoms with Crippen molar-refractivity contribution in [1.82, 2.24) is 9.21 Å². The second kappa shape index (κ2) is 14.6. The lowest BCUT2D eigenvalue weighted by Crippen LogP contribution is -2.59. The highest BCUT2D eigenvalue weighted by Gasteiger charge is 2.37. The topological polar surface area (TPSA) is 138 Å². The van der Waals surface area contributed by atoms with Crippen LogP contribution < -0.4 is 9.84 Å². The molecule has 2 aromatic rings. The van der Waals surface area contributed by atoms with Gasteiger partial charge in [0.25, 0.3) is 0 Å². The number of methoxy groups -OCH3 is 1. The fourth-order valence-corrected chi connectivity index (χ4v) is 7.04. The Bertz CT molecular complexity index is 1230. The predicted octanol–water partition coefficient (Wildman–Crippen LogP) is 2.03. The molecule has 42 heavy (non-hydrogen) atoms. The largest absolute Gasteiger partial charge is 0.530 e. The second-order valence-corrected chi connectivity index (χ2v) is 12.8. The lowest BCUT2D eigenvalue weighted by molar-refractivity contribution is -0.272. The van der Waals surface area contributed by atoms with Gasteiger partial charge in [0, 0.05) is 26.1 Å². The summed E-state index contributed by atoms with van der Waals surface area (Å²) in [5.41, 5.74) is 0.807. The first-order valence-corrected chi connectivity index (χ1v) is 15.8. The summed E-state index contributed by atoms with van der Waals surface area (Å²) < 4.78 is 51.0. The van der Waals surface area contributed by atoms with Crippen LogP contribution in [0.25, 0.3) is 0 Å². The minimum atomic E-state index is -4.06. The van der Waals surface area contributed by atoms with Crippen LogP contribution in [0.3, 0.4) is 0 Å². The van der Waals surface area contributed by atoms with E-state index in [-0.39, 0.29) is 31.0 Å². The maximum Gasteiger partial charge on any atom is 0.243 e. The molecule has 4 rings (SSSR count). The fraction of sp³-hybridized carbons (Fsp3) is 0.567. The zero-order valence-electron chi connectivity index (χ0n) is 24.2. The number of benzene rings is 2. The summed E-state index contributed by atoms with van der Waals surface area (Å²) >= 11 is 0. The number of sulfonamides is 1. The van der Waals surface area contributed by atoms with Gasteiger partial charge >= 0.3 is 0 Å². The number of carbonyl (C=O) groups excluding carboxylic acids is 1. The molecule has 1 amide bonds. The molecule has 0 bridgehead atoms. The summed E-state index contributed by atoms with van der Waals surface area (Å²) in [6.45, 7) is 3.28. The molecule has 2 fully saturated rings. The SMILES string of the molecule is COc1ccc(S(=O)(=O)N(CCCCC2(C)OCCO2)C[C@@H](O)[C@H](Cc2ccccc2)N(C(=O)[O-])[C@H]2CCOC2)cc1. The maximum absolute atomic E-state index is 13.9. The zero-order valence-corrected chi connectivity index (χ0v) is 25.0. The minimum absolute atomic E-state index is 0.0467. The molecule has 12 heteroatoms. The van der Waals surface area contributed by atoms with E-state index in [4.69, 9.17) is 18.9 Å². The highest BCUT2D eigenvalue weighted by molar-refractivity contribution is 7.89. The van der Waals surface area contributed by atoms with Crippen molar-refractivity contribution in [2.75, 3.05) is 46.6 Å². The normalized spacial score (nSPS) is 20.0. The highest BCUT2D eigenvalue weighted by atomic mass is 32.2. The van der Waals surface area contributed by atoms with Crippen molar-refractivity contribution < 1.29 is 42.4 Å². The Balaban J connectivity index is 1.59. The molecule has 0 aromatic heterocycles. The van der Waals surface area contributed by atoms with Crippen LogP contribution in [0.1, 0.15) is 38.2 Å². The Labute approximate surface area is 248 Å². The standard InChI is InChI=1S/C30H42N2O9S/c1-30(40-18-19-41-30)15-6-7-16-31(42(36,37)26-12-10-25(38-2)11-13-26)21-28(33)27(20-23-8-4-3-5-9-23)32(29(34)35)24-14-17-39-22-24/h3-5,8-13,24,27-28,33H,6-7,14-22H2,1-2H3,(H,34,35)/p-1/t24-,27-,28+/m0/s1. The highest BCUT2D eigenvalue weighted by Crippen LogP contribution is 2.27. The number of hydrogen-bond donors (Lipinski definition) is 1. The molecule has 0 saturated carbocycles. The number of aliphatic hydroxyl groups is 1. The van der Waals surface area contributed by atoms with Crippen LogP contribution in [0.5, 0.6) is 5.75 Å². The third-order valence-electron chi connectivity index (χ3n) is 7.87. The maximum atomic E-state index is 13.9. The summed E-state index contributed by atoms with van der Waals surface area (Å²) in [5, 5.41) is 24.1. The first kappa shape index (κ1) is 32.2. The lowest BCUT2D eigenvalue weighted by Gasteiger charge is -2.41. The van der Waals surface area contributed by atoms with Gasteiger partial charge in [0.2, 0.25) is 10.0 Å². The summed E-state index contributed by atoms with van der Waals surface area (Å²) in [4.78, 5) is 13.6. The molecule has 232 valence electrons. The summed E-state index contributed by atoms with van der Waals surface area (Å²) in [6.07, 6.45) is -0.453. The van der Waals surface area contributed by atoms with Gasteiger partial charge in [-0.3, -0.25) is 0 Å². The number of unbranched alkanes of at least 4 members (excludes halogenated alkanes) is 1. The van der Waals surface area contributed by atoms with Crippen LogP contribution in [-0.2, 0) is 30.7 Å². The van der Waals surface area contributed by atoms with E-state index in [1.807, 2.05) is 37.3 Å². The van der Waals surface area contributed by atoms with Crippen LogP contribution in [0.4, 0.5) is 4.79 Å². The number of aliphatic hydroxyl groups excluding tert-OH is 1. The number of rotatable bonds is 15. The number of ether oxygens (including phenoxy) is 4. The summed E-state index contributed by atoms with van der Waals surface area (Å²) in [6, 6.07) is 13.8. The Morgan fingerprint density at radius 3 is 2.38 bits per heavy atom. The van der Waals surface area contributed by atoms with Crippen LogP contribution in [0.15, 0.2) is 59.5 Å².